The maximum Gasteiger partial charge on any atom is 0.211 e. The van der Waals surface area contributed by atoms with Crippen LogP contribution in [0.5, 0.6) is 0 Å². The van der Waals surface area contributed by atoms with Crippen LogP contribution < -0.4 is 0 Å². The highest BCUT2D eigenvalue weighted by Crippen LogP contribution is 2.27. The Kier molecular flexibility index (Phi) is 3.81. The van der Waals surface area contributed by atoms with Gasteiger partial charge in [0, 0.05) is 0 Å². The van der Waals surface area contributed by atoms with Crippen LogP contribution in [0.15, 0.2) is 0 Å². The molecule has 0 amide bonds. The second-order valence-corrected chi connectivity index (χ2v) is 2.22. The molecule has 0 aromatic rings. The maximum atomic E-state index is 12.1. The Morgan fingerprint density at radius 2 is 1.27 bits per heavy atom. The van der Waals surface area contributed by atoms with Crippen LogP contribution in [0.25, 0.3) is 0 Å². The summed E-state index contributed by atoms with van der Waals surface area (Å²) < 4.78 is 24.2. The van der Waals surface area contributed by atoms with E-state index in [-0.39, 0.29) is 0 Å². The lowest BCUT2D eigenvalue weighted by atomic mass is 9.90. The van der Waals surface area contributed by atoms with E-state index < -0.39 is 31.3 Å². The number of hydrogen-bond acceptors (Lipinski definition) is 4. The molecule has 2 unspecified atom stereocenters. The predicted molar refractivity (Wildman–Crippen MR) is 30.8 cm³/mol. The van der Waals surface area contributed by atoms with Crippen LogP contribution in [-0.2, 0) is 0 Å². The summed E-state index contributed by atoms with van der Waals surface area (Å²) in [5, 5.41) is 33.2. The molecule has 0 aliphatic heterocycles. The molecular formula is C5H10F2O4. The molecule has 0 aliphatic carbocycles. The van der Waals surface area contributed by atoms with Crippen molar-refractivity contribution in [2.24, 2.45) is 5.41 Å². The summed E-state index contributed by atoms with van der Waals surface area (Å²) in [4.78, 5) is 0. The lowest BCUT2D eigenvalue weighted by Gasteiger charge is -2.29. The van der Waals surface area contributed by atoms with Gasteiger partial charge in [-0.1, -0.05) is 0 Å². The van der Waals surface area contributed by atoms with Crippen molar-refractivity contribution in [3.63, 3.8) is 0 Å². The summed E-state index contributed by atoms with van der Waals surface area (Å²) in [5.41, 5.74) is -2.53. The van der Waals surface area contributed by atoms with Crippen LogP contribution in [0.2, 0.25) is 0 Å². The van der Waals surface area contributed by atoms with Gasteiger partial charge in [0.05, 0.1) is 13.2 Å². The number of aliphatic hydroxyl groups is 4. The van der Waals surface area contributed by atoms with Gasteiger partial charge in [-0.3, -0.25) is 0 Å². The van der Waals surface area contributed by atoms with E-state index in [9.17, 15) is 8.78 Å². The Balaban J connectivity index is 4.46. The fraction of sp³-hybridized carbons (Fsp3) is 1.00. The van der Waals surface area contributed by atoms with Gasteiger partial charge < -0.3 is 20.4 Å². The van der Waals surface area contributed by atoms with Gasteiger partial charge in [-0.25, -0.2) is 8.78 Å². The third-order valence-corrected chi connectivity index (χ3v) is 1.54. The zero-order chi connectivity index (χ0) is 9.07. The van der Waals surface area contributed by atoms with Gasteiger partial charge in [-0.15, -0.1) is 0 Å². The standard InChI is InChI=1S/C5H10F2O4/c6-3(10)5(1-8,2-9)4(7)11/h3-4,8-11H,1-2H2. The van der Waals surface area contributed by atoms with E-state index in [1.54, 1.807) is 0 Å². The van der Waals surface area contributed by atoms with Crippen molar-refractivity contribution in [2.75, 3.05) is 13.2 Å². The highest BCUT2D eigenvalue weighted by molar-refractivity contribution is 4.82. The normalized spacial score (nSPS) is 18.0. The van der Waals surface area contributed by atoms with Gasteiger partial charge in [0.25, 0.3) is 0 Å². The minimum Gasteiger partial charge on any atom is -0.395 e. The van der Waals surface area contributed by atoms with Crippen LogP contribution in [0.1, 0.15) is 0 Å². The van der Waals surface area contributed by atoms with Crippen molar-refractivity contribution in [3.8, 4) is 0 Å². The Labute approximate surface area is 61.7 Å². The molecule has 4 N–H and O–H groups in total. The zero-order valence-corrected chi connectivity index (χ0v) is 5.61. The quantitative estimate of drug-likeness (QED) is 0.417. The summed E-state index contributed by atoms with van der Waals surface area (Å²) in [6.45, 7) is -2.36. The van der Waals surface area contributed by atoms with Crippen molar-refractivity contribution in [1.82, 2.24) is 0 Å². The largest absolute Gasteiger partial charge is 0.395 e. The summed E-state index contributed by atoms with van der Waals surface area (Å²) in [6.07, 6.45) is -5.62. The van der Waals surface area contributed by atoms with E-state index in [1.807, 2.05) is 0 Å². The second kappa shape index (κ2) is 3.91. The van der Waals surface area contributed by atoms with E-state index >= 15 is 0 Å². The smallest absolute Gasteiger partial charge is 0.211 e. The average molecular weight is 172 g/mol. The van der Waals surface area contributed by atoms with Crippen LogP contribution in [0.3, 0.4) is 0 Å². The molecule has 2 atom stereocenters. The highest BCUT2D eigenvalue weighted by Gasteiger charge is 2.45. The Morgan fingerprint density at radius 3 is 1.27 bits per heavy atom. The van der Waals surface area contributed by atoms with Gasteiger partial charge in [-0.2, -0.15) is 0 Å². The molecule has 0 heterocycles. The summed E-state index contributed by atoms with van der Waals surface area (Å²) in [5.74, 6) is 0. The van der Waals surface area contributed by atoms with Gasteiger partial charge in [0.2, 0.25) is 12.7 Å². The van der Waals surface area contributed by atoms with Gasteiger partial charge in [0.15, 0.2) is 0 Å². The Morgan fingerprint density at radius 1 is 1.00 bits per heavy atom. The third kappa shape index (κ3) is 1.84. The summed E-state index contributed by atoms with van der Waals surface area (Å²) in [7, 11) is 0. The number of rotatable bonds is 4. The van der Waals surface area contributed by atoms with E-state index in [4.69, 9.17) is 20.4 Å². The number of halogens is 2. The molecule has 0 rings (SSSR count). The van der Waals surface area contributed by atoms with Crippen molar-refractivity contribution in [1.29, 1.82) is 0 Å². The van der Waals surface area contributed by atoms with Crippen LogP contribution in [-0.4, -0.2) is 46.4 Å². The monoisotopic (exact) mass is 172 g/mol. The molecule has 0 aliphatic rings. The third-order valence-electron chi connectivity index (χ3n) is 1.54. The molecule has 0 saturated carbocycles. The first-order valence-electron chi connectivity index (χ1n) is 2.87. The Hall–Kier alpha value is -0.300. The first kappa shape index (κ1) is 10.7. The molecule has 0 saturated heterocycles. The average Bonchev–Trinajstić information content (AvgIpc) is 1.90. The predicted octanol–water partition coefficient (Wildman–Crippen LogP) is -1.47. The van der Waals surface area contributed by atoms with Crippen molar-refractivity contribution in [2.45, 2.75) is 12.7 Å². The van der Waals surface area contributed by atoms with Crippen LogP contribution in [0.4, 0.5) is 8.78 Å². The van der Waals surface area contributed by atoms with Crippen molar-refractivity contribution >= 4 is 0 Å². The molecule has 0 aromatic carbocycles. The highest BCUT2D eigenvalue weighted by atomic mass is 19.2. The summed E-state index contributed by atoms with van der Waals surface area (Å²) in [6, 6.07) is 0. The summed E-state index contributed by atoms with van der Waals surface area (Å²) >= 11 is 0. The molecule has 0 spiro atoms. The van der Waals surface area contributed by atoms with Crippen LogP contribution >= 0.6 is 0 Å². The minimum absolute atomic E-state index is 1.18. The van der Waals surface area contributed by atoms with E-state index in [0.717, 1.165) is 0 Å². The van der Waals surface area contributed by atoms with Crippen molar-refractivity contribution < 1.29 is 29.2 Å². The van der Waals surface area contributed by atoms with Gasteiger partial charge in [0.1, 0.15) is 5.41 Å². The molecule has 0 bridgehead atoms. The van der Waals surface area contributed by atoms with Crippen LogP contribution in [0, 0.1) is 5.41 Å². The van der Waals surface area contributed by atoms with Crippen molar-refractivity contribution in [3.05, 3.63) is 0 Å². The fourth-order valence-electron chi connectivity index (χ4n) is 0.465. The molecule has 4 nitrogen and oxygen atoms in total. The first-order valence-corrected chi connectivity index (χ1v) is 2.87. The van der Waals surface area contributed by atoms with E-state index in [0.29, 0.717) is 0 Å². The van der Waals surface area contributed by atoms with Gasteiger partial charge >= 0.3 is 0 Å². The Bertz CT molecular complexity index is 103. The van der Waals surface area contributed by atoms with E-state index in [2.05, 4.69) is 0 Å². The van der Waals surface area contributed by atoms with E-state index in [1.165, 1.54) is 0 Å². The van der Waals surface area contributed by atoms with Gasteiger partial charge in [-0.05, 0) is 0 Å². The topological polar surface area (TPSA) is 80.9 Å². The molecule has 11 heavy (non-hydrogen) atoms. The molecule has 6 heteroatoms. The minimum atomic E-state index is -2.81. The molecular weight excluding hydrogens is 162 g/mol. The number of aliphatic hydroxyl groups excluding tert-OH is 4. The number of alkyl halides is 2. The lowest BCUT2D eigenvalue weighted by molar-refractivity contribution is -0.209. The molecule has 68 valence electrons. The zero-order valence-electron chi connectivity index (χ0n) is 5.61. The lowest BCUT2D eigenvalue weighted by Crippen LogP contribution is -2.47. The molecule has 0 fully saturated rings. The SMILES string of the molecule is OCC(CO)(C(O)F)C(O)F. The first-order chi connectivity index (χ1) is 5.01. The maximum absolute atomic E-state index is 12.1. The fourth-order valence-corrected chi connectivity index (χ4v) is 0.465. The second-order valence-electron chi connectivity index (χ2n) is 2.22. The molecule has 0 radical (unpaired) electrons. The number of hydrogen-bond donors (Lipinski definition) is 4. The molecule has 0 aromatic heterocycles.